The summed E-state index contributed by atoms with van der Waals surface area (Å²) in [4.78, 5) is 17.6. The lowest BCUT2D eigenvalue weighted by molar-refractivity contribution is 0.0912. The molecule has 2 aromatic carbocycles. The van der Waals surface area contributed by atoms with E-state index in [0.717, 1.165) is 29.2 Å². The highest BCUT2D eigenvalue weighted by Gasteiger charge is 2.40. The number of amides is 1. The third-order valence-electron chi connectivity index (χ3n) is 6.14. The summed E-state index contributed by atoms with van der Waals surface area (Å²) < 4.78 is 1.78. The van der Waals surface area contributed by atoms with E-state index >= 15 is 0 Å². The van der Waals surface area contributed by atoms with Crippen molar-refractivity contribution in [2.45, 2.75) is 38.6 Å². The van der Waals surface area contributed by atoms with Gasteiger partial charge in [0.2, 0.25) is 5.82 Å². The molecule has 1 aromatic heterocycles. The van der Waals surface area contributed by atoms with Crippen molar-refractivity contribution in [2.75, 3.05) is 0 Å². The van der Waals surface area contributed by atoms with Crippen LogP contribution in [0.4, 0.5) is 0 Å². The maximum absolute atomic E-state index is 12.9. The van der Waals surface area contributed by atoms with Crippen molar-refractivity contribution in [1.29, 1.82) is 0 Å². The van der Waals surface area contributed by atoms with Crippen molar-refractivity contribution in [1.82, 2.24) is 20.1 Å². The summed E-state index contributed by atoms with van der Waals surface area (Å²) in [5.41, 5.74) is 2.99. The van der Waals surface area contributed by atoms with E-state index in [1.54, 1.807) is 4.68 Å². The molecule has 1 heterocycles. The minimum absolute atomic E-state index is 0.166. The summed E-state index contributed by atoms with van der Waals surface area (Å²) in [5, 5.41) is 7.80. The monoisotopic (exact) mass is 372 g/mol. The maximum atomic E-state index is 12.9. The minimum Gasteiger partial charge on any atom is -0.346 e. The molecule has 1 amide bonds. The molecular weight excluding hydrogens is 348 g/mol. The lowest BCUT2D eigenvalue weighted by Gasteiger charge is -2.22. The van der Waals surface area contributed by atoms with Gasteiger partial charge < -0.3 is 5.32 Å². The highest BCUT2D eigenvalue weighted by Crippen LogP contribution is 2.44. The zero-order valence-corrected chi connectivity index (χ0v) is 16.0. The van der Waals surface area contributed by atoms with E-state index in [4.69, 9.17) is 0 Å². The van der Waals surface area contributed by atoms with Crippen molar-refractivity contribution < 1.29 is 4.79 Å². The van der Waals surface area contributed by atoms with E-state index in [1.165, 1.54) is 19.3 Å². The number of rotatable bonds is 4. The Balaban J connectivity index is 1.50. The second kappa shape index (κ2) is 6.89. The van der Waals surface area contributed by atoms with Crippen LogP contribution in [-0.2, 0) is 0 Å². The largest absolute Gasteiger partial charge is 0.346 e. The molecule has 0 aliphatic heterocycles. The fourth-order valence-corrected chi connectivity index (χ4v) is 4.78. The Morgan fingerprint density at radius 2 is 1.93 bits per heavy atom. The van der Waals surface area contributed by atoms with Gasteiger partial charge in [0.05, 0.1) is 5.69 Å². The molecule has 2 aliphatic rings. The molecule has 2 aliphatic carbocycles. The zero-order chi connectivity index (χ0) is 19.1. The number of hydrogen-bond donors (Lipinski definition) is 1. The molecule has 5 heteroatoms. The highest BCUT2D eigenvalue weighted by molar-refractivity contribution is 5.91. The summed E-state index contributed by atoms with van der Waals surface area (Å²) in [5.74, 6) is 2.17. The lowest BCUT2D eigenvalue weighted by Crippen LogP contribution is -2.39. The number of hydrogen-bond acceptors (Lipinski definition) is 3. The SMILES string of the molecule is Cc1cccc(-n2nc(C(=O)NC3CC4CCC3C4)nc2-c2ccccc2)c1. The van der Waals surface area contributed by atoms with Gasteiger partial charge in [0, 0.05) is 11.6 Å². The number of benzene rings is 2. The Hall–Kier alpha value is -2.95. The number of nitrogens with zero attached hydrogens (tertiary/aromatic N) is 3. The van der Waals surface area contributed by atoms with Gasteiger partial charge >= 0.3 is 0 Å². The number of aryl methyl sites for hydroxylation is 1. The predicted octanol–water partition coefficient (Wildman–Crippen LogP) is 4.16. The molecule has 1 N–H and O–H groups in total. The quantitative estimate of drug-likeness (QED) is 0.748. The van der Waals surface area contributed by atoms with Crippen LogP contribution in [0.3, 0.4) is 0 Å². The molecule has 5 nitrogen and oxygen atoms in total. The molecule has 2 fully saturated rings. The fraction of sp³-hybridized carbons (Fsp3) is 0.348. The number of carbonyl (C=O) groups excluding carboxylic acids is 1. The first-order chi connectivity index (χ1) is 13.7. The van der Waals surface area contributed by atoms with Crippen LogP contribution >= 0.6 is 0 Å². The molecule has 142 valence electrons. The average Bonchev–Trinajstić information content (AvgIpc) is 3.44. The Labute approximate surface area is 164 Å². The summed E-state index contributed by atoms with van der Waals surface area (Å²) in [6.45, 7) is 2.05. The molecular formula is C23H24N4O. The van der Waals surface area contributed by atoms with E-state index in [-0.39, 0.29) is 17.8 Å². The van der Waals surface area contributed by atoms with Gasteiger partial charge in [-0.1, -0.05) is 48.9 Å². The topological polar surface area (TPSA) is 59.8 Å². The fourth-order valence-electron chi connectivity index (χ4n) is 4.78. The molecule has 2 bridgehead atoms. The maximum Gasteiger partial charge on any atom is 0.291 e. The van der Waals surface area contributed by atoms with E-state index in [1.807, 2.05) is 55.5 Å². The predicted molar refractivity (Wildman–Crippen MR) is 108 cm³/mol. The van der Waals surface area contributed by atoms with E-state index < -0.39 is 0 Å². The second-order valence-corrected chi connectivity index (χ2v) is 8.13. The number of fused-ring (bicyclic) bond motifs is 2. The normalized spacial score (nSPS) is 23.1. The summed E-state index contributed by atoms with van der Waals surface area (Å²) in [6.07, 6.45) is 4.90. The molecule has 0 saturated heterocycles. The Kier molecular flexibility index (Phi) is 4.23. The average molecular weight is 372 g/mol. The molecule has 3 atom stereocenters. The Bertz CT molecular complexity index is 1010. The second-order valence-electron chi connectivity index (χ2n) is 8.13. The van der Waals surface area contributed by atoms with Gasteiger partial charge in [-0.3, -0.25) is 4.79 Å². The van der Waals surface area contributed by atoms with E-state index in [0.29, 0.717) is 11.7 Å². The van der Waals surface area contributed by atoms with Gasteiger partial charge in [0.25, 0.3) is 5.91 Å². The Morgan fingerprint density at radius 1 is 1.07 bits per heavy atom. The molecule has 2 saturated carbocycles. The van der Waals surface area contributed by atoms with Crippen LogP contribution in [-0.4, -0.2) is 26.7 Å². The number of nitrogens with one attached hydrogen (secondary N) is 1. The molecule has 28 heavy (non-hydrogen) atoms. The first kappa shape index (κ1) is 17.2. The third kappa shape index (κ3) is 3.11. The number of carbonyl (C=O) groups is 1. The van der Waals surface area contributed by atoms with Crippen molar-refractivity contribution >= 4 is 5.91 Å². The smallest absolute Gasteiger partial charge is 0.291 e. The minimum atomic E-state index is -0.166. The lowest BCUT2D eigenvalue weighted by atomic mass is 9.95. The zero-order valence-electron chi connectivity index (χ0n) is 16.0. The van der Waals surface area contributed by atoms with Crippen LogP contribution in [0, 0.1) is 18.8 Å². The molecule has 5 rings (SSSR count). The molecule has 0 spiro atoms. The van der Waals surface area contributed by atoms with Crippen LogP contribution in [0.15, 0.2) is 54.6 Å². The highest BCUT2D eigenvalue weighted by atomic mass is 16.2. The van der Waals surface area contributed by atoms with Crippen molar-refractivity contribution in [3.8, 4) is 17.1 Å². The van der Waals surface area contributed by atoms with Crippen molar-refractivity contribution in [3.63, 3.8) is 0 Å². The van der Waals surface area contributed by atoms with Crippen LogP contribution < -0.4 is 5.32 Å². The summed E-state index contributed by atoms with van der Waals surface area (Å²) >= 11 is 0. The third-order valence-corrected chi connectivity index (χ3v) is 6.14. The van der Waals surface area contributed by atoms with Gasteiger partial charge in [-0.05, 0) is 55.7 Å². The van der Waals surface area contributed by atoms with Gasteiger partial charge in [0.1, 0.15) is 0 Å². The van der Waals surface area contributed by atoms with E-state index in [9.17, 15) is 4.79 Å². The van der Waals surface area contributed by atoms with Crippen molar-refractivity contribution in [2.24, 2.45) is 11.8 Å². The van der Waals surface area contributed by atoms with Gasteiger partial charge in [-0.2, -0.15) is 0 Å². The molecule has 3 aromatic rings. The van der Waals surface area contributed by atoms with Crippen LogP contribution in [0.5, 0.6) is 0 Å². The van der Waals surface area contributed by atoms with Crippen molar-refractivity contribution in [3.05, 3.63) is 66.0 Å². The number of aromatic nitrogens is 3. The first-order valence-corrected chi connectivity index (χ1v) is 10.1. The van der Waals surface area contributed by atoms with E-state index in [2.05, 4.69) is 21.5 Å². The summed E-state index contributed by atoms with van der Waals surface area (Å²) in [7, 11) is 0. The van der Waals surface area contributed by atoms with Gasteiger partial charge in [0.15, 0.2) is 5.82 Å². The molecule has 3 unspecified atom stereocenters. The summed E-state index contributed by atoms with van der Waals surface area (Å²) in [6, 6.07) is 18.3. The Morgan fingerprint density at radius 3 is 2.64 bits per heavy atom. The van der Waals surface area contributed by atoms with Gasteiger partial charge in [-0.25, -0.2) is 9.67 Å². The standard InChI is InChI=1S/C23H24N4O/c1-15-6-5-9-19(12-15)27-22(17-7-3-2-4-8-17)25-21(26-27)23(28)24-20-14-16-10-11-18(20)13-16/h2-9,12,16,18,20H,10-11,13-14H2,1H3,(H,24,28). The first-order valence-electron chi connectivity index (χ1n) is 10.1. The van der Waals surface area contributed by atoms with Crippen LogP contribution in [0.1, 0.15) is 41.9 Å². The molecule has 0 radical (unpaired) electrons. The van der Waals surface area contributed by atoms with Crippen LogP contribution in [0.25, 0.3) is 17.1 Å². The van der Waals surface area contributed by atoms with Crippen LogP contribution in [0.2, 0.25) is 0 Å². The van der Waals surface area contributed by atoms with Gasteiger partial charge in [-0.15, -0.1) is 5.10 Å².